The highest BCUT2D eigenvalue weighted by Crippen LogP contribution is 2.26. The van der Waals surface area contributed by atoms with Gasteiger partial charge in [0.05, 0.1) is 0 Å². The number of pyridine rings is 1. The molecule has 0 aliphatic rings. The van der Waals surface area contributed by atoms with E-state index in [1.807, 2.05) is 25.1 Å². The predicted octanol–water partition coefficient (Wildman–Crippen LogP) is 4.20. The van der Waals surface area contributed by atoms with Gasteiger partial charge in [-0.1, -0.05) is 13.0 Å². The highest BCUT2D eigenvalue weighted by atomic mass is 19.1. The molecule has 4 heteroatoms. The molecule has 0 saturated heterocycles. The van der Waals surface area contributed by atoms with Crippen LogP contribution in [0.5, 0.6) is 0 Å². The SMILES string of the molecule is CCCNc1cc(N(CC)c2cccc(F)c2)ccn1. The van der Waals surface area contributed by atoms with Crippen molar-refractivity contribution in [2.75, 3.05) is 23.3 Å². The summed E-state index contributed by atoms with van der Waals surface area (Å²) < 4.78 is 13.4. The van der Waals surface area contributed by atoms with Gasteiger partial charge in [0.15, 0.2) is 0 Å². The van der Waals surface area contributed by atoms with Gasteiger partial charge in [0.25, 0.3) is 0 Å². The Morgan fingerprint density at radius 1 is 1.15 bits per heavy atom. The summed E-state index contributed by atoms with van der Waals surface area (Å²) in [6.07, 6.45) is 2.82. The monoisotopic (exact) mass is 273 g/mol. The standard InChI is InChI=1S/C16H20FN3/c1-3-9-18-16-12-15(8-10-19-16)20(4-2)14-7-5-6-13(17)11-14/h5-8,10-12H,3-4,9H2,1-2H3,(H,18,19). The third kappa shape index (κ3) is 3.47. The Morgan fingerprint density at radius 3 is 2.65 bits per heavy atom. The number of aromatic nitrogens is 1. The van der Waals surface area contributed by atoms with Gasteiger partial charge < -0.3 is 10.2 Å². The average Bonchev–Trinajstić information content (AvgIpc) is 2.46. The Balaban J connectivity index is 2.27. The summed E-state index contributed by atoms with van der Waals surface area (Å²) in [6.45, 7) is 5.82. The third-order valence-corrected chi connectivity index (χ3v) is 3.05. The van der Waals surface area contributed by atoms with Crippen LogP contribution in [0.25, 0.3) is 0 Å². The van der Waals surface area contributed by atoms with Crippen molar-refractivity contribution in [1.82, 2.24) is 4.98 Å². The number of nitrogens with zero attached hydrogens (tertiary/aromatic N) is 2. The van der Waals surface area contributed by atoms with Crippen LogP contribution in [-0.2, 0) is 0 Å². The number of rotatable bonds is 6. The second-order valence-electron chi connectivity index (χ2n) is 4.55. The molecule has 20 heavy (non-hydrogen) atoms. The Hall–Kier alpha value is -2.10. The molecular formula is C16H20FN3. The molecule has 2 rings (SSSR count). The Kier molecular flexibility index (Phi) is 4.93. The molecule has 0 aliphatic heterocycles. The van der Waals surface area contributed by atoms with Crippen molar-refractivity contribution < 1.29 is 4.39 Å². The fourth-order valence-electron chi connectivity index (χ4n) is 2.10. The zero-order chi connectivity index (χ0) is 14.4. The van der Waals surface area contributed by atoms with Crippen LogP contribution < -0.4 is 10.2 Å². The van der Waals surface area contributed by atoms with Crippen molar-refractivity contribution in [2.45, 2.75) is 20.3 Å². The van der Waals surface area contributed by atoms with Gasteiger partial charge in [0.1, 0.15) is 11.6 Å². The van der Waals surface area contributed by atoms with Gasteiger partial charge in [-0.3, -0.25) is 0 Å². The molecule has 106 valence electrons. The summed E-state index contributed by atoms with van der Waals surface area (Å²) in [4.78, 5) is 6.35. The zero-order valence-corrected chi connectivity index (χ0v) is 11.9. The van der Waals surface area contributed by atoms with Crippen LogP contribution in [0.2, 0.25) is 0 Å². The maximum atomic E-state index is 13.4. The molecule has 0 radical (unpaired) electrons. The molecule has 0 atom stereocenters. The summed E-state index contributed by atoms with van der Waals surface area (Å²) in [7, 11) is 0. The number of anilines is 3. The average molecular weight is 273 g/mol. The van der Waals surface area contributed by atoms with E-state index in [1.54, 1.807) is 18.3 Å². The summed E-state index contributed by atoms with van der Waals surface area (Å²) in [5, 5.41) is 3.26. The lowest BCUT2D eigenvalue weighted by Gasteiger charge is -2.23. The fraction of sp³-hybridized carbons (Fsp3) is 0.312. The minimum Gasteiger partial charge on any atom is -0.370 e. The van der Waals surface area contributed by atoms with E-state index in [-0.39, 0.29) is 5.82 Å². The predicted molar refractivity (Wildman–Crippen MR) is 82.1 cm³/mol. The van der Waals surface area contributed by atoms with Crippen molar-refractivity contribution in [1.29, 1.82) is 0 Å². The van der Waals surface area contributed by atoms with E-state index in [0.29, 0.717) is 0 Å². The van der Waals surface area contributed by atoms with Crippen LogP contribution in [0, 0.1) is 5.82 Å². The van der Waals surface area contributed by atoms with E-state index in [9.17, 15) is 4.39 Å². The Morgan fingerprint density at radius 2 is 1.95 bits per heavy atom. The molecule has 0 spiro atoms. The van der Waals surface area contributed by atoms with Gasteiger partial charge in [-0.15, -0.1) is 0 Å². The van der Waals surface area contributed by atoms with Gasteiger partial charge in [0, 0.05) is 36.7 Å². The summed E-state index contributed by atoms with van der Waals surface area (Å²) >= 11 is 0. The first kappa shape index (κ1) is 14.3. The number of halogens is 1. The van der Waals surface area contributed by atoms with Gasteiger partial charge in [-0.2, -0.15) is 0 Å². The van der Waals surface area contributed by atoms with Crippen LogP contribution in [0.4, 0.5) is 21.6 Å². The first-order valence-electron chi connectivity index (χ1n) is 6.97. The minimum atomic E-state index is -0.223. The van der Waals surface area contributed by atoms with Gasteiger partial charge >= 0.3 is 0 Å². The van der Waals surface area contributed by atoms with E-state index in [0.717, 1.165) is 36.7 Å². The van der Waals surface area contributed by atoms with Gasteiger partial charge in [-0.05, 0) is 37.6 Å². The first-order chi connectivity index (χ1) is 9.74. The minimum absolute atomic E-state index is 0.223. The first-order valence-corrected chi connectivity index (χ1v) is 6.97. The second kappa shape index (κ2) is 6.89. The van der Waals surface area contributed by atoms with E-state index in [4.69, 9.17) is 0 Å². The molecular weight excluding hydrogens is 253 g/mol. The van der Waals surface area contributed by atoms with Crippen molar-refractivity contribution in [3.05, 3.63) is 48.4 Å². The lowest BCUT2D eigenvalue weighted by molar-refractivity contribution is 0.627. The van der Waals surface area contributed by atoms with Crippen LogP contribution in [0.15, 0.2) is 42.6 Å². The third-order valence-electron chi connectivity index (χ3n) is 3.05. The summed E-state index contributed by atoms with van der Waals surface area (Å²) in [5.41, 5.74) is 1.85. The normalized spacial score (nSPS) is 10.3. The molecule has 0 fully saturated rings. The molecule has 1 aromatic carbocycles. The number of nitrogens with one attached hydrogen (secondary N) is 1. The number of hydrogen-bond donors (Lipinski definition) is 1. The van der Waals surface area contributed by atoms with Crippen molar-refractivity contribution in [3.8, 4) is 0 Å². The molecule has 0 amide bonds. The topological polar surface area (TPSA) is 28.2 Å². The largest absolute Gasteiger partial charge is 0.370 e. The molecule has 1 N–H and O–H groups in total. The second-order valence-corrected chi connectivity index (χ2v) is 4.55. The molecule has 0 unspecified atom stereocenters. The van der Waals surface area contributed by atoms with Crippen LogP contribution in [0.3, 0.4) is 0 Å². The lowest BCUT2D eigenvalue weighted by Crippen LogP contribution is -2.16. The quantitative estimate of drug-likeness (QED) is 0.855. The maximum Gasteiger partial charge on any atom is 0.127 e. The van der Waals surface area contributed by atoms with Crippen LogP contribution >= 0.6 is 0 Å². The number of hydrogen-bond acceptors (Lipinski definition) is 3. The molecule has 1 heterocycles. The Bertz CT molecular complexity index is 557. The molecule has 0 saturated carbocycles. The highest BCUT2D eigenvalue weighted by Gasteiger charge is 2.09. The van der Waals surface area contributed by atoms with E-state index in [1.165, 1.54) is 6.07 Å². The maximum absolute atomic E-state index is 13.4. The van der Waals surface area contributed by atoms with E-state index >= 15 is 0 Å². The Labute approximate surface area is 119 Å². The van der Waals surface area contributed by atoms with Crippen molar-refractivity contribution in [3.63, 3.8) is 0 Å². The molecule has 3 nitrogen and oxygen atoms in total. The van der Waals surface area contributed by atoms with Crippen molar-refractivity contribution >= 4 is 17.2 Å². The van der Waals surface area contributed by atoms with E-state index < -0.39 is 0 Å². The van der Waals surface area contributed by atoms with Crippen LogP contribution in [-0.4, -0.2) is 18.1 Å². The molecule has 1 aromatic heterocycles. The van der Waals surface area contributed by atoms with Gasteiger partial charge in [-0.25, -0.2) is 9.37 Å². The zero-order valence-electron chi connectivity index (χ0n) is 11.9. The number of benzene rings is 1. The van der Waals surface area contributed by atoms with Gasteiger partial charge in [0.2, 0.25) is 0 Å². The van der Waals surface area contributed by atoms with Crippen LogP contribution in [0.1, 0.15) is 20.3 Å². The molecule has 2 aromatic rings. The summed E-state index contributed by atoms with van der Waals surface area (Å²) in [6, 6.07) is 10.6. The highest BCUT2D eigenvalue weighted by molar-refractivity contribution is 5.65. The molecule has 0 aliphatic carbocycles. The lowest BCUT2D eigenvalue weighted by atomic mass is 10.2. The molecule has 0 bridgehead atoms. The van der Waals surface area contributed by atoms with E-state index in [2.05, 4.69) is 22.1 Å². The summed E-state index contributed by atoms with van der Waals surface area (Å²) in [5.74, 6) is 0.624. The van der Waals surface area contributed by atoms with Crippen molar-refractivity contribution in [2.24, 2.45) is 0 Å². The fourth-order valence-corrected chi connectivity index (χ4v) is 2.10. The smallest absolute Gasteiger partial charge is 0.127 e.